The molecule has 0 spiro atoms. The molecule has 128 valence electrons. The molecule has 3 heterocycles. The third-order valence-corrected chi connectivity index (χ3v) is 4.25. The van der Waals surface area contributed by atoms with Crippen LogP contribution in [0, 0.1) is 0 Å². The number of ether oxygens (including phenoxy) is 3. The Bertz CT molecular complexity index is 791. The maximum absolute atomic E-state index is 12.5. The number of hydrogen-bond acceptors (Lipinski definition) is 5. The Kier molecular flexibility index (Phi) is 4.35. The van der Waals surface area contributed by atoms with Gasteiger partial charge in [-0.1, -0.05) is 12.1 Å². The van der Waals surface area contributed by atoms with Crippen molar-refractivity contribution in [1.82, 2.24) is 9.88 Å². The lowest BCUT2D eigenvalue weighted by molar-refractivity contribution is -0.133. The summed E-state index contributed by atoms with van der Waals surface area (Å²) in [7, 11) is 0. The van der Waals surface area contributed by atoms with Crippen molar-refractivity contribution in [2.45, 2.75) is 6.10 Å². The van der Waals surface area contributed by atoms with Crippen molar-refractivity contribution < 1.29 is 19.0 Å². The third-order valence-electron chi connectivity index (χ3n) is 4.25. The molecule has 1 saturated heterocycles. The molecule has 1 aromatic carbocycles. The van der Waals surface area contributed by atoms with Crippen molar-refractivity contribution in [1.29, 1.82) is 0 Å². The van der Waals surface area contributed by atoms with E-state index in [-0.39, 0.29) is 18.8 Å². The first-order valence-corrected chi connectivity index (χ1v) is 8.18. The van der Waals surface area contributed by atoms with Crippen LogP contribution in [0.4, 0.5) is 0 Å². The highest BCUT2D eigenvalue weighted by Crippen LogP contribution is 2.32. The van der Waals surface area contributed by atoms with Crippen LogP contribution in [0.1, 0.15) is 17.2 Å². The van der Waals surface area contributed by atoms with Crippen molar-refractivity contribution >= 4 is 12.0 Å². The van der Waals surface area contributed by atoms with Gasteiger partial charge in [0.25, 0.3) is 0 Å². The molecule has 1 unspecified atom stereocenters. The highest BCUT2D eigenvalue weighted by Gasteiger charge is 2.24. The summed E-state index contributed by atoms with van der Waals surface area (Å²) in [6.07, 6.45) is 6.75. The number of hydrogen-bond donors (Lipinski definition) is 0. The average molecular weight is 338 g/mol. The minimum absolute atomic E-state index is 0.0325. The van der Waals surface area contributed by atoms with Crippen LogP contribution in [0.2, 0.25) is 0 Å². The van der Waals surface area contributed by atoms with Crippen molar-refractivity contribution in [3.05, 3.63) is 59.9 Å². The summed E-state index contributed by atoms with van der Waals surface area (Å²) < 4.78 is 16.4. The van der Waals surface area contributed by atoms with E-state index in [9.17, 15) is 4.79 Å². The number of fused-ring (bicyclic) bond motifs is 1. The number of morpholine rings is 1. The zero-order valence-electron chi connectivity index (χ0n) is 13.6. The lowest BCUT2D eigenvalue weighted by Crippen LogP contribution is -2.41. The lowest BCUT2D eigenvalue weighted by atomic mass is 10.1. The fraction of sp³-hybridized carbons (Fsp3) is 0.263. The van der Waals surface area contributed by atoms with Gasteiger partial charge in [-0.15, -0.1) is 0 Å². The van der Waals surface area contributed by atoms with Crippen LogP contribution in [0.25, 0.3) is 6.08 Å². The molecule has 25 heavy (non-hydrogen) atoms. The van der Waals surface area contributed by atoms with E-state index in [0.717, 1.165) is 16.9 Å². The Morgan fingerprint density at radius 2 is 2.16 bits per heavy atom. The maximum atomic E-state index is 12.5. The molecule has 0 bridgehead atoms. The minimum atomic E-state index is -0.134. The van der Waals surface area contributed by atoms with E-state index in [2.05, 4.69) is 4.98 Å². The summed E-state index contributed by atoms with van der Waals surface area (Å²) in [5.74, 6) is 1.41. The van der Waals surface area contributed by atoms with Crippen molar-refractivity contribution in [3.8, 4) is 11.5 Å². The van der Waals surface area contributed by atoms with E-state index in [1.807, 2.05) is 30.3 Å². The van der Waals surface area contributed by atoms with E-state index >= 15 is 0 Å². The molecule has 4 rings (SSSR count). The van der Waals surface area contributed by atoms with Crippen LogP contribution in [0.5, 0.6) is 11.5 Å². The van der Waals surface area contributed by atoms with E-state index < -0.39 is 0 Å². The van der Waals surface area contributed by atoms with E-state index in [1.165, 1.54) is 0 Å². The van der Waals surface area contributed by atoms with Crippen molar-refractivity contribution in [2.24, 2.45) is 0 Å². The van der Waals surface area contributed by atoms with Crippen LogP contribution in [0.15, 0.2) is 48.8 Å². The van der Waals surface area contributed by atoms with Gasteiger partial charge < -0.3 is 19.1 Å². The first-order valence-electron chi connectivity index (χ1n) is 8.18. The van der Waals surface area contributed by atoms with E-state index in [1.54, 1.807) is 29.4 Å². The van der Waals surface area contributed by atoms with Gasteiger partial charge in [0.2, 0.25) is 12.7 Å². The average Bonchev–Trinajstić information content (AvgIpc) is 3.15. The molecule has 1 atom stereocenters. The van der Waals surface area contributed by atoms with Crippen LogP contribution in [-0.4, -0.2) is 42.3 Å². The summed E-state index contributed by atoms with van der Waals surface area (Å²) in [4.78, 5) is 18.4. The molecule has 1 amide bonds. The molecule has 6 nitrogen and oxygen atoms in total. The van der Waals surface area contributed by atoms with Crippen LogP contribution in [-0.2, 0) is 9.53 Å². The topological polar surface area (TPSA) is 60.9 Å². The molecule has 2 aliphatic rings. The number of aromatic nitrogens is 1. The number of carbonyl (C=O) groups excluding carboxylic acids is 1. The van der Waals surface area contributed by atoms with Gasteiger partial charge in [-0.2, -0.15) is 0 Å². The first kappa shape index (κ1) is 15.7. The number of rotatable bonds is 3. The molecule has 1 aromatic heterocycles. The second-order valence-corrected chi connectivity index (χ2v) is 5.88. The molecule has 2 aliphatic heterocycles. The quantitative estimate of drug-likeness (QED) is 0.805. The smallest absolute Gasteiger partial charge is 0.246 e. The number of benzene rings is 1. The highest BCUT2D eigenvalue weighted by atomic mass is 16.7. The van der Waals surface area contributed by atoms with Gasteiger partial charge in [0.15, 0.2) is 11.5 Å². The summed E-state index contributed by atoms with van der Waals surface area (Å²) >= 11 is 0. The number of nitrogens with zero attached hydrogens (tertiary/aromatic N) is 2. The fourth-order valence-electron chi connectivity index (χ4n) is 2.91. The van der Waals surface area contributed by atoms with Crippen LogP contribution >= 0.6 is 0 Å². The second kappa shape index (κ2) is 6.94. The summed E-state index contributed by atoms with van der Waals surface area (Å²) in [5.41, 5.74) is 1.88. The van der Waals surface area contributed by atoms with Crippen LogP contribution < -0.4 is 9.47 Å². The monoisotopic (exact) mass is 338 g/mol. The van der Waals surface area contributed by atoms with Gasteiger partial charge in [0.1, 0.15) is 6.10 Å². The third kappa shape index (κ3) is 3.49. The molecule has 0 N–H and O–H groups in total. The molecule has 6 heteroatoms. The predicted octanol–water partition coefficient (Wildman–Crippen LogP) is 2.42. The predicted molar refractivity (Wildman–Crippen MR) is 91.1 cm³/mol. The van der Waals surface area contributed by atoms with Crippen molar-refractivity contribution in [3.63, 3.8) is 0 Å². The SMILES string of the molecule is O=C(/C=C/c1ccc2c(c1)OCO2)N1CCOC(c2cccnc2)C1. The maximum Gasteiger partial charge on any atom is 0.246 e. The Hall–Kier alpha value is -2.86. The normalized spacial score (nSPS) is 19.4. The largest absolute Gasteiger partial charge is 0.454 e. The van der Waals surface area contributed by atoms with Gasteiger partial charge in [-0.05, 0) is 29.8 Å². The molecule has 0 radical (unpaired) electrons. The van der Waals surface area contributed by atoms with Gasteiger partial charge in [0.05, 0.1) is 13.2 Å². The van der Waals surface area contributed by atoms with Gasteiger partial charge in [0, 0.05) is 30.6 Å². The summed E-state index contributed by atoms with van der Waals surface area (Å²) in [6, 6.07) is 9.45. The standard InChI is InChI=1S/C19H18N2O4/c22-19(6-4-14-3-5-16-17(10-14)25-13-24-16)21-8-9-23-18(12-21)15-2-1-7-20-11-15/h1-7,10-11,18H,8-9,12-13H2/b6-4+. The molecule has 2 aromatic rings. The second-order valence-electron chi connectivity index (χ2n) is 5.88. The van der Waals surface area contributed by atoms with Gasteiger partial charge >= 0.3 is 0 Å². The summed E-state index contributed by atoms with van der Waals surface area (Å²) in [6.45, 7) is 1.87. The molecule has 0 aliphatic carbocycles. The first-order chi connectivity index (χ1) is 12.3. The van der Waals surface area contributed by atoms with Crippen molar-refractivity contribution in [2.75, 3.05) is 26.5 Å². The Labute approximate surface area is 145 Å². The van der Waals surface area contributed by atoms with Gasteiger partial charge in [-0.25, -0.2) is 0 Å². The van der Waals surface area contributed by atoms with Crippen LogP contribution in [0.3, 0.4) is 0 Å². The highest BCUT2D eigenvalue weighted by molar-refractivity contribution is 5.92. The van der Waals surface area contributed by atoms with E-state index in [0.29, 0.717) is 25.4 Å². The Morgan fingerprint density at radius 1 is 1.24 bits per heavy atom. The summed E-state index contributed by atoms with van der Waals surface area (Å²) in [5, 5.41) is 0. The molecule has 1 fully saturated rings. The molecular weight excluding hydrogens is 320 g/mol. The number of pyridine rings is 1. The fourth-order valence-corrected chi connectivity index (χ4v) is 2.91. The zero-order valence-corrected chi connectivity index (χ0v) is 13.6. The Balaban J connectivity index is 1.42. The zero-order chi connectivity index (χ0) is 17.1. The molecular formula is C19H18N2O4. The Morgan fingerprint density at radius 3 is 3.04 bits per heavy atom. The lowest BCUT2D eigenvalue weighted by Gasteiger charge is -2.32. The number of amides is 1. The van der Waals surface area contributed by atoms with E-state index in [4.69, 9.17) is 14.2 Å². The molecule has 0 saturated carbocycles. The van der Waals surface area contributed by atoms with Gasteiger partial charge in [-0.3, -0.25) is 9.78 Å². The minimum Gasteiger partial charge on any atom is -0.454 e. The number of carbonyl (C=O) groups is 1.